The SMILES string of the molecule is C/C(=C\C(=O)OCl)C(C)(C)/C=C/Cl. The van der Waals surface area contributed by atoms with Crippen LogP contribution in [0.3, 0.4) is 0 Å². The average molecular weight is 223 g/mol. The number of carbonyl (C=O) groups excluding carboxylic acids is 1. The van der Waals surface area contributed by atoms with Gasteiger partial charge in [-0.3, -0.25) is 0 Å². The van der Waals surface area contributed by atoms with Crippen LogP contribution in [-0.4, -0.2) is 5.97 Å². The molecule has 2 nitrogen and oxygen atoms in total. The fourth-order valence-electron chi connectivity index (χ4n) is 0.674. The van der Waals surface area contributed by atoms with Gasteiger partial charge in [0.1, 0.15) is 11.9 Å². The molecule has 4 heteroatoms. The second-order valence-corrected chi connectivity index (χ2v) is 3.64. The second-order valence-electron chi connectivity index (χ2n) is 3.24. The van der Waals surface area contributed by atoms with Crippen molar-refractivity contribution in [2.75, 3.05) is 0 Å². The third kappa shape index (κ3) is 4.34. The van der Waals surface area contributed by atoms with Crippen molar-refractivity contribution in [3.05, 3.63) is 23.3 Å². The maximum atomic E-state index is 10.8. The molecule has 13 heavy (non-hydrogen) atoms. The van der Waals surface area contributed by atoms with Gasteiger partial charge in [0.2, 0.25) is 0 Å². The molecule has 0 unspecified atom stereocenters. The third-order valence-corrected chi connectivity index (χ3v) is 2.18. The van der Waals surface area contributed by atoms with E-state index in [-0.39, 0.29) is 5.41 Å². The molecule has 0 heterocycles. The molecule has 0 aliphatic rings. The third-order valence-electron chi connectivity index (χ3n) is 1.91. The molecule has 0 aliphatic carbocycles. The minimum absolute atomic E-state index is 0.271. The second kappa shape index (κ2) is 5.30. The zero-order valence-corrected chi connectivity index (χ0v) is 9.32. The van der Waals surface area contributed by atoms with Gasteiger partial charge in [0.15, 0.2) is 0 Å². The van der Waals surface area contributed by atoms with Gasteiger partial charge in [-0.1, -0.05) is 37.1 Å². The number of hydrogen-bond donors (Lipinski definition) is 0. The molecule has 0 atom stereocenters. The molecule has 0 aromatic heterocycles. The van der Waals surface area contributed by atoms with Gasteiger partial charge in [-0.15, -0.1) is 0 Å². The molecule has 0 aliphatic heterocycles. The van der Waals surface area contributed by atoms with Crippen molar-refractivity contribution in [3.8, 4) is 0 Å². The Labute approximate surface area is 88.3 Å². The van der Waals surface area contributed by atoms with E-state index in [1.54, 1.807) is 6.08 Å². The highest BCUT2D eigenvalue weighted by molar-refractivity contribution is 6.25. The Morgan fingerprint density at radius 2 is 2.00 bits per heavy atom. The molecule has 74 valence electrons. The van der Waals surface area contributed by atoms with Crippen LogP contribution in [0.15, 0.2) is 23.3 Å². The summed E-state index contributed by atoms with van der Waals surface area (Å²) < 4.78 is 3.99. The predicted octanol–water partition coefficient (Wildman–Crippen LogP) is 3.41. The minimum Gasteiger partial charge on any atom is -0.344 e. The van der Waals surface area contributed by atoms with E-state index in [9.17, 15) is 4.79 Å². The first kappa shape index (κ1) is 12.5. The lowest BCUT2D eigenvalue weighted by Gasteiger charge is -2.20. The van der Waals surface area contributed by atoms with E-state index >= 15 is 0 Å². The van der Waals surface area contributed by atoms with Gasteiger partial charge in [0.05, 0.1) is 0 Å². The molecule has 0 saturated carbocycles. The Morgan fingerprint density at radius 1 is 1.46 bits per heavy atom. The van der Waals surface area contributed by atoms with Crippen molar-refractivity contribution in [3.63, 3.8) is 0 Å². The van der Waals surface area contributed by atoms with Crippen LogP contribution in [-0.2, 0) is 9.08 Å². The van der Waals surface area contributed by atoms with Crippen LogP contribution in [0.25, 0.3) is 0 Å². The average Bonchev–Trinajstić information content (AvgIpc) is 2.04. The van der Waals surface area contributed by atoms with Crippen molar-refractivity contribution in [2.24, 2.45) is 5.41 Å². The van der Waals surface area contributed by atoms with Gasteiger partial charge in [0, 0.05) is 17.0 Å². The normalized spacial score (nSPS) is 13.5. The molecule has 0 radical (unpaired) electrons. The molecular formula is C9H12Cl2O2. The van der Waals surface area contributed by atoms with Gasteiger partial charge >= 0.3 is 5.97 Å². The Kier molecular flexibility index (Phi) is 5.11. The van der Waals surface area contributed by atoms with E-state index in [0.717, 1.165) is 5.57 Å². The summed E-state index contributed by atoms with van der Waals surface area (Å²) in [5.41, 5.74) is 1.98. The van der Waals surface area contributed by atoms with Crippen LogP contribution in [0.2, 0.25) is 0 Å². The smallest absolute Gasteiger partial charge is 0.344 e. The number of halogens is 2. The monoisotopic (exact) mass is 222 g/mol. The molecule has 0 saturated heterocycles. The quantitative estimate of drug-likeness (QED) is 0.685. The van der Waals surface area contributed by atoms with Crippen molar-refractivity contribution in [2.45, 2.75) is 20.8 Å². The van der Waals surface area contributed by atoms with E-state index in [1.165, 1.54) is 11.6 Å². The largest absolute Gasteiger partial charge is 0.349 e. The highest BCUT2D eigenvalue weighted by atomic mass is 35.5. The van der Waals surface area contributed by atoms with Crippen LogP contribution in [0.4, 0.5) is 0 Å². The number of allylic oxidation sites excluding steroid dienone is 2. The molecule has 0 spiro atoms. The zero-order valence-electron chi connectivity index (χ0n) is 7.80. The van der Waals surface area contributed by atoms with E-state index in [1.807, 2.05) is 20.8 Å². The van der Waals surface area contributed by atoms with Crippen molar-refractivity contribution >= 4 is 29.4 Å². The van der Waals surface area contributed by atoms with Gasteiger partial charge < -0.3 is 4.29 Å². The van der Waals surface area contributed by atoms with Crippen molar-refractivity contribution in [1.82, 2.24) is 0 Å². The standard InChI is InChI=1S/C9H12Cl2O2/c1-7(6-8(12)13-11)9(2,3)4-5-10/h4-6H,1-3H3/b5-4+,7-6+. The van der Waals surface area contributed by atoms with E-state index in [0.29, 0.717) is 0 Å². The summed E-state index contributed by atoms with van der Waals surface area (Å²) in [7, 11) is 0. The molecule has 0 bridgehead atoms. The number of rotatable bonds is 3. The maximum absolute atomic E-state index is 10.8. The first-order valence-corrected chi connectivity index (χ1v) is 4.48. The van der Waals surface area contributed by atoms with Crippen LogP contribution in [0, 0.1) is 5.41 Å². The van der Waals surface area contributed by atoms with Gasteiger partial charge in [-0.2, -0.15) is 0 Å². The summed E-state index contributed by atoms with van der Waals surface area (Å²) in [6.45, 7) is 5.67. The van der Waals surface area contributed by atoms with E-state index < -0.39 is 5.97 Å². The first-order valence-electron chi connectivity index (χ1n) is 3.73. The van der Waals surface area contributed by atoms with Crippen LogP contribution in [0.5, 0.6) is 0 Å². The lowest BCUT2D eigenvalue weighted by Crippen LogP contribution is -2.10. The topological polar surface area (TPSA) is 26.3 Å². The minimum atomic E-state index is -0.574. The fraction of sp³-hybridized carbons (Fsp3) is 0.444. The maximum Gasteiger partial charge on any atom is 0.349 e. The lowest BCUT2D eigenvalue weighted by atomic mass is 9.85. The Bertz CT molecular complexity index is 242. The molecule has 0 aromatic rings. The number of carbonyl (C=O) groups is 1. The lowest BCUT2D eigenvalue weighted by molar-refractivity contribution is -0.128. The van der Waals surface area contributed by atoms with Gasteiger partial charge in [-0.25, -0.2) is 4.79 Å². The summed E-state index contributed by atoms with van der Waals surface area (Å²) in [5.74, 6) is -0.574. The van der Waals surface area contributed by atoms with E-state index in [2.05, 4.69) is 4.29 Å². The summed E-state index contributed by atoms with van der Waals surface area (Å²) >= 11 is 10.3. The van der Waals surface area contributed by atoms with Gasteiger partial charge in [-0.05, 0) is 6.92 Å². The molecule has 0 rings (SSSR count). The number of hydrogen-bond acceptors (Lipinski definition) is 2. The molecular weight excluding hydrogens is 211 g/mol. The summed E-state index contributed by atoms with van der Waals surface area (Å²) in [5, 5.41) is 0. The molecule has 0 aromatic carbocycles. The highest BCUT2D eigenvalue weighted by Crippen LogP contribution is 2.27. The summed E-state index contributed by atoms with van der Waals surface area (Å²) in [4.78, 5) is 10.8. The molecule has 0 amide bonds. The van der Waals surface area contributed by atoms with Crippen LogP contribution >= 0.6 is 23.5 Å². The Morgan fingerprint density at radius 3 is 2.38 bits per heavy atom. The van der Waals surface area contributed by atoms with Crippen molar-refractivity contribution in [1.29, 1.82) is 0 Å². The summed E-state index contributed by atoms with van der Waals surface area (Å²) in [6, 6.07) is 0. The van der Waals surface area contributed by atoms with Crippen LogP contribution < -0.4 is 0 Å². The van der Waals surface area contributed by atoms with Crippen molar-refractivity contribution < 1.29 is 9.08 Å². The highest BCUT2D eigenvalue weighted by Gasteiger charge is 2.17. The molecule has 0 N–H and O–H groups in total. The Balaban J connectivity index is 4.66. The van der Waals surface area contributed by atoms with Crippen LogP contribution in [0.1, 0.15) is 20.8 Å². The van der Waals surface area contributed by atoms with E-state index in [4.69, 9.17) is 23.5 Å². The first-order chi connectivity index (χ1) is 5.94. The zero-order chi connectivity index (χ0) is 10.5. The van der Waals surface area contributed by atoms with Gasteiger partial charge in [0.25, 0.3) is 0 Å². The summed E-state index contributed by atoms with van der Waals surface area (Å²) in [6.07, 6.45) is 3.12. The fourth-order valence-corrected chi connectivity index (χ4v) is 1.03. The Hall–Kier alpha value is -0.470. The predicted molar refractivity (Wildman–Crippen MR) is 54.5 cm³/mol. The molecule has 0 fully saturated rings.